The number of carbonyl (C=O) groups is 1. The molecule has 1 aromatic carbocycles. The highest BCUT2D eigenvalue weighted by molar-refractivity contribution is 6.04. The van der Waals surface area contributed by atoms with Gasteiger partial charge in [-0.15, -0.1) is 0 Å². The Bertz CT molecular complexity index is 551. The smallest absolute Gasteiger partial charge is 0.297 e. The second-order valence-corrected chi connectivity index (χ2v) is 4.38. The first-order valence-corrected chi connectivity index (χ1v) is 6.64. The van der Waals surface area contributed by atoms with Gasteiger partial charge < -0.3 is 14.2 Å². The number of unbranched alkanes of at least 4 members (excludes halogenated alkanes) is 1. The zero-order valence-electron chi connectivity index (χ0n) is 11.7. The van der Waals surface area contributed by atoms with Crippen LogP contribution in [0.3, 0.4) is 0 Å². The number of para-hydroxylation sites is 1. The zero-order valence-corrected chi connectivity index (χ0v) is 11.7. The quantitative estimate of drug-likeness (QED) is 0.812. The molecule has 2 aromatic rings. The molecule has 1 amide bonds. The molecule has 0 saturated heterocycles. The van der Waals surface area contributed by atoms with Gasteiger partial charge in [-0.3, -0.25) is 4.79 Å². The molecule has 0 unspecified atom stereocenters. The molecule has 1 heterocycles. The van der Waals surface area contributed by atoms with Crippen LogP contribution in [0.1, 0.15) is 30.3 Å². The van der Waals surface area contributed by atoms with Crippen LogP contribution >= 0.6 is 0 Å². The number of hydrogen-bond acceptors (Lipinski definition) is 4. The maximum absolute atomic E-state index is 12.5. The van der Waals surface area contributed by atoms with Crippen molar-refractivity contribution < 1.29 is 14.1 Å². The van der Waals surface area contributed by atoms with Gasteiger partial charge in [0.05, 0.1) is 13.2 Å². The van der Waals surface area contributed by atoms with Crippen molar-refractivity contribution in [1.29, 1.82) is 0 Å². The van der Waals surface area contributed by atoms with Gasteiger partial charge in [0.2, 0.25) is 5.76 Å². The van der Waals surface area contributed by atoms with E-state index >= 15 is 0 Å². The number of amides is 1. The Morgan fingerprint density at radius 3 is 2.70 bits per heavy atom. The number of methoxy groups -OCH3 is 1. The van der Waals surface area contributed by atoms with Gasteiger partial charge in [-0.2, -0.15) is 0 Å². The van der Waals surface area contributed by atoms with Gasteiger partial charge in [-0.1, -0.05) is 31.5 Å². The Labute approximate surface area is 118 Å². The summed E-state index contributed by atoms with van der Waals surface area (Å²) in [6.07, 6.45) is 1.93. The van der Waals surface area contributed by atoms with Crippen LogP contribution < -0.4 is 9.64 Å². The van der Waals surface area contributed by atoms with Crippen LogP contribution in [-0.4, -0.2) is 24.7 Å². The molecule has 2 rings (SSSR count). The molecule has 0 aliphatic rings. The first kappa shape index (κ1) is 14.1. The standard InChI is InChI=1S/C15H18N2O3/c1-3-4-10-17(12-8-6-5-7-9-12)15(18)13-11-14(19-2)16-20-13/h5-9,11H,3-4,10H2,1-2H3. The summed E-state index contributed by atoms with van der Waals surface area (Å²) >= 11 is 0. The van der Waals surface area contributed by atoms with Gasteiger partial charge in [0.15, 0.2) is 0 Å². The molecule has 0 radical (unpaired) electrons. The summed E-state index contributed by atoms with van der Waals surface area (Å²) in [5.41, 5.74) is 0.848. The maximum atomic E-state index is 12.5. The Balaban J connectivity index is 2.24. The summed E-state index contributed by atoms with van der Waals surface area (Å²) in [5.74, 6) is 0.277. The predicted octanol–water partition coefficient (Wildman–Crippen LogP) is 3.13. The number of nitrogens with zero attached hydrogens (tertiary/aromatic N) is 2. The number of ether oxygens (including phenoxy) is 1. The van der Waals surface area contributed by atoms with E-state index in [1.165, 1.54) is 13.2 Å². The van der Waals surface area contributed by atoms with Crippen molar-refractivity contribution in [1.82, 2.24) is 5.16 Å². The summed E-state index contributed by atoms with van der Waals surface area (Å²) in [6.45, 7) is 2.73. The fraction of sp³-hybridized carbons (Fsp3) is 0.333. The number of benzene rings is 1. The highest BCUT2D eigenvalue weighted by Crippen LogP contribution is 2.19. The van der Waals surface area contributed by atoms with Crippen LogP contribution in [0.15, 0.2) is 40.9 Å². The van der Waals surface area contributed by atoms with E-state index < -0.39 is 0 Å². The first-order chi connectivity index (χ1) is 9.76. The highest BCUT2D eigenvalue weighted by Gasteiger charge is 2.21. The minimum atomic E-state index is -0.208. The van der Waals surface area contributed by atoms with Gasteiger partial charge in [-0.05, 0) is 23.7 Å². The molecule has 0 atom stereocenters. The molecule has 0 aliphatic carbocycles. The minimum absolute atomic E-state index is 0.182. The molecular formula is C15H18N2O3. The largest absolute Gasteiger partial charge is 0.479 e. The van der Waals surface area contributed by atoms with Crippen LogP contribution in [-0.2, 0) is 0 Å². The number of anilines is 1. The SMILES string of the molecule is CCCCN(C(=O)c1cc(OC)no1)c1ccccc1. The fourth-order valence-electron chi connectivity index (χ4n) is 1.86. The lowest BCUT2D eigenvalue weighted by Gasteiger charge is -2.21. The fourth-order valence-corrected chi connectivity index (χ4v) is 1.86. The van der Waals surface area contributed by atoms with Crippen molar-refractivity contribution in [3.63, 3.8) is 0 Å². The van der Waals surface area contributed by atoms with Gasteiger partial charge >= 0.3 is 0 Å². The zero-order chi connectivity index (χ0) is 14.4. The minimum Gasteiger partial charge on any atom is -0.479 e. The van der Waals surface area contributed by atoms with Crippen molar-refractivity contribution in [2.45, 2.75) is 19.8 Å². The number of aromatic nitrogens is 1. The van der Waals surface area contributed by atoms with Gasteiger partial charge in [0.1, 0.15) is 0 Å². The van der Waals surface area contributed by atoms with E-state index in [9.17, 15) is 4.79 Å². The second-order valence-electron chi connectivity index (χ2n) is 4.38. The van der Waals surface area contributed by atoms with Crippen LogP contribution in [0.2, 0.25) is 0 Å². The average molecular weight is 274 g/mol. The van der Waals surface area contributed by atoms with Crippen molar-refractivity contribution >= 4 is 11.6 Å². The summed E-state index contributed by atoms with van der Waals surface area (Å²) in [7, 11) is 1.48. The molecule has 0 aliphatic heterocycles. The monoisotopic (exact) mass is 274 g/mol. The lowest BCUT2D eigenvalue weighted by atomic mass is 10.2. The molecule has 106 valence electrons. The molecule has 0 spiro atoms. The van der Waals surface area contributed by atoms with E-state index in [-0.39, 0.29) is 11.7 Å². The third-order valence-electron chi connectivity index (χ3n) is 2.96. The lowest BCUT2D eigenvalue weighted by Crippen LogP contribution is -2.31. The van der Waals surface area contributed by atoms with E-state index in [0.717, 1.165) is 18.5 Å². The highest BCUT2D eigenvalue weighted by atomic mass is 16.5. The summed E-state index contributed by atoms with van der Waals surface area (Å²) in [6, 6.07) is 11.0. The molecule has 20 heavy (non-hydrogen) atoms. The molecule has 0 N–H and O–H groups in total. The van der Waals surface area contributed by atoms with Crippen LogP contribution in [0.4, 0.5) is 5.69 Å². The van der Waals surface area contributed by atoms with E-state index in [4.69, 9.17) is 9.26 Å². The van der Waals surface area contributed by atoms with Crippen molar-refractivity contribution in [2.24, 2.45) is 0 Å². The van der Waals surface area contributed by atoms with E-state index in [0.29, 0.717) is 12.4 Å². The summed E-state index contributed by atoms with van der Waals surface area (Å²) in [4.78, 5) is 14.2. The topological polar surface area (TPSA) is 55.6 Å². The Morgan fingerprint density at radius 2 is 2.10 bits per heavy atom. The number of hydrogen-bond donors (Lipinski definition) is 0. The van der Waals surface area contributed by atoms with Gasteiger partial charge in [0.25, 0.3) is 11.8 Å². The molecule has 0 saturated carbocycles. The van der Waals surface area contributed by atoms with E-state index in [2.05, 4.69) is 12.1 Å². The average Bonchev–Trinajstić information content (AvgIpc) is 2.97. The normalized spacial score (nSPS) is 10.3. The van der Waals surface area contributed by atoms with Gasteiger partial charge in [0, 0.05) is 12.2 Å². The van der Waals surface area contributed by atoms with Crippen LogP contribution in [0.5, 0.6) is 5.88 Å². The Kier molecular flexibility index (Phi) is 4.76. The van der Waals surface area contributed by atoms with E-state index in [1.807, 2.05) is 30.3 Å². The third kappa shape index (κ3) is 3.17. The van der Waals surface area contributed by atoms with Crippen LogP contribution in [0.25, 0.3) is 0 Å². The van der Waals surface area contributed by atoms with Crippen LogP contribution in [0, 0.1) is 0 Å². The molecule has 5 nitrogen and oxygen atoms in total. The predicted molar refractivity (Wildman–Crippen MR) is 76.1 cm³/mol. The molecule has 0 bridgehead atoms. The van der Waals surface area contributed by atoms with Crippen molar-refractivity contribution in [3.05, 3.63) is 42.2 Å². The van der Waals surface area contributed by atoms with E-state index in [1.54, 1.807) is 4.90 Å². The number of rotatable bonds is 6. The van der Waals surface area contributed by atoms with Gasteiger partial charge in [-0.25, -0.2) is 0 Å². The molecule has 5 heteroatoms. The van der Waals surface area contributed by atoms with Crippen molar-refractivity contribution in [2.75, 3.05) is 18.6 Å². The Morgan fingerprint density at radius 1 is 1.35 bits per heavy atom. The Hall–Kier alpha value is -2.30. The molecule has 0 fully saturated rings. The number of carbonyl (C=O) groups excluding carboxylic acids is 1. The molecule has 1 aromatic heterocycles. The first-order valence-electron chi connectivity index (χ1n) is 6.64. The lowest BCUT2D eigenvalue weighted by molar-refractivity contribution is 0.0950. The second kappa shape index (κ2) is 6.75. The maximum Gasteiger partial charge on any atom is 0.297 e. The molecular weight excluding hydrogens is 256 g/mol. The summed E-state index contributed by atoms with van der Waals surface area (Å²) in [5, 5.41) is 3.67. The third-order valence-corrected chi connectivity index (χ3v) is 2.96. The summed E-state index contributed by atoms with van der Waals surface area (Å²) < 4.78 is 9.97. The van der Waals surface area contributed by atoms with Crippen molar-refractivity contribution in [3.8, 4) is 5.88 Å².